The minimum atomic E-state index is -0.0876. The summed E-state index contributed by atoms with van der Waals surface area (Å²) in [6.45, 7) is 2.04. The van der Waals surface area contributed by atoms with E-state index >= 15 is 0 Å². The van der Waals surface area contributed by atoms with E-state index in [-0.39, 0.29) is 11.9 Å². The molecule has 1 unspecified atom stereocenters. The molecule has 7 heteroatoms. The molecule has 19 heavy (non-hydrogen) atoms. The third-order valence-electron chi connectivity index (χ3n) is 2.94. The SMILES string of the molecule is CSCCC(C)N(C)C(=O)c1cc(Br)cnc1NN. The molecule has 1 rings (SSSR count). The Bertz CT molecular complexity index is 444. The van der Waals surface area contributed by atoms with Gasteiger partial charge in [0.25, 0.3) is 5.91 Å². The number of pyridine rings is 1. The van der Waals surface area contributed by atoms with Gasteiger partial charge in [-0.2, -0.15) is 11.8 Å². The van der Waals surface area contributed by atoms with Gasteiger partial charge in [0.2, 0.25) is 0 Å². The molecule has 0 aliphatic carbocycles. The monoisotopic (exact) mass is 346 g/mol. The normalized spacial score (nSPS) is 12.1. The molecule has 0 aliphatic rings. The number of hydrogen-bond donors (Lipinski definition) is 2. The number of nitrogen functional groups attached to an aromatic ring is 1. The molecule has 0 bridgehead atoms. The molecule has 0 saturated heterocycles. The Kier molecular flexibility index (Phi) is 6.60. The van der Waals surface area contributed by atoms with Crippen LogP contribution in [0.2, 0.25) is 0 Å². The number of hydrogen-bond acceptors (Lipinski definition) is 5. The predicted octanol–water partition coefficient (Wildman–Crippen LogP) is 2.34. The zero-order valence-electron chi connectivity index (χ0n) is 11.3. The highest BCUT2D eigenvalue weighted by Gasteiger charge is 2.20. The molecule has 0 spiro atoms. The first-order chi connectivity index (χ1) is 9.01. The molecule has 0 radical (unpaired) electrons. The lowest BCUT2D eigenvalue weighted by molar-refractivity contribution is 0.0742. The first kappa shape index (κ1) is 16.3. The Hall–Kier alpha value is -0.790. The van der Waals surface area contributed by atoms with E-state index in [1.54, 1.807) is 36.0 Å². The van der Waals surface area contributed by atoms with Gasteiger partial charge in [-0.3, -0.25) is 4.79 Å². The number of aromatic nitrogens is 1. The van der Waals surface area contributed by atoms with Crippen molar-refractivity contribution in [1.29, 1.82) is 0 Å². The maximum Gasteiger partial charge on any atom is 0.257 e. The molecule has 5 nitrogen and oxygen atoms in total. The maximum absolute atomic E-state index is 12.4. The van der Waals surface area contributed by atoms with E-state index in [9.17, 15) is 4.79 Å². The van der Waals surface area contributed by atoms with Crippen molar-refractivity contribution in [3.8, 4) is 0 Å². The summed E-state index contributed by atoms with van der Waals surface area (Å²) >= 11 is 5.09. The summed E-state index contributed by atoms with van der Waals surface area (Å²) in [6.07, 6.45) is 4.61. The maximum atomic E-state index is 12.4. The van der Waals surface area contributed by atoms with Crippen LogP contribution in [0.5, 0.6) is 0 Å². The van der Waals surface area contributed by atoms with Crippen LogP contribution >= 0.6 is 27.7 Å². The summed E-state index contributed by atoms with van der Waals surface area (Å²) in [5.41, 5.74) is 2.93. The van der Waals surface area contributed by atoms with Crippen LogP contribution in [-0.4, -0.2) is 40.9 Å². The lowest BCUT2D eigenvalue weighted by Crippen LogP contribution is -2.36. The minimum Gasteiger partial charge on any atom is -0.339 e. The molecule has 1 atom stereocenters. The molecule has 1 aromatic heterocycles. The van der Waals surface area contributed by atoms with Crippen LogP contribution in [0.3, 0.4) is 0 Å². The van der Waals surface area contributed by atoms with Crippen LogP contribution in [0, 0.1) is 0 Å². The number of halogens is 1. The molecule has 1 heterocycles. The van der Waals surface area contributed by atoms with Crippen molar-refractivity contribution in [2.24, 2.45) is 5.84 Å². The number of anilines is 1. The van der Waals surface area contributed by atoms with Crippen LogP contribution in [-0.2, 0) is 0 Å². The third-order valence-corrected chi connectivity index (χ3v) is 4.02. The molecule has 0 aromatic carbocycles. The van der Waals surface area contributed by atoms with Gasteiger partial charge in [-0.05, 0) is 47.3 Å². The van der Waals surface area contributed by atoms with Gasteiger partial charge in [-0.15, -0.1) is 0 Å². The second-order valence-electron chi connectivity index (χ2n) is 4.24. The quantitative estimate of drug-likeness (QED) is 0.611. The molecule has 1 aromatic rings. The highest BCUT2D eigenvalue weighted by Crippen LogP contribution is 2.20. The van der Waals surface area contributed by atoms with Crippen molar-refractivity contribution >= 4 is 39.4 Å². The van der Waals surface area contributed by atoms with E-state index in [4.69, 9.17) is 5.84 Å². The highest BCUT2D eigenvalue weighted by molar-refractivity contribution is 9.10. The number of carbonyl (C=O) groups excluding carboxylic acids is 1. The van der Waals surface area contributed by atoms with Crippen molar-refractivity contribution in [3.63, 3.8) is 0 Å². The van der Waals surface area contributed by atoms with Crippen LogP contribution in [0.4, 0.5) is 5.82 Å². The lowest BCUT2D eigenvalue weighted by atomic mass is 10.1. The fourth-order valence-electron chi connectivity index (χ4n) is 1.59. The number of nitrogens with two attached hydrogens (primary N) is 1. The highest BCUT2D eigenvalue weighted by atomic mass is 79.9. The number of amides is 1. The second-order valence-corrected chi connectivity index (χ2v) is 6.14. The number of nitrogens with zero attached hydrogens (tertiary/aromatic N) is 2. The summed E-state index contributed by atoms with van der Waals surface area (Å²) in [4.78, 5) is 18.3. The van der Waals surface area contributed by atoms with E-state index in [2.05, 4.69) is 32.6 Å². The van der Waals surface area contributed by atoms with Gasteiger partial charge >= 0.3 is 0 Å². The zero-order chi connectivity index (χ0) is 14.4. The van der Waals surface area contributed by atoms with Crippen LogP contribution in [0.15, 0.2) is 16.7 Å². The Morgan fingerprint density at radius 2 is 2.37 bits per heavy atom. The van der Waals surface area contributed by atoms with Gasteiger partial charge in [0.05, 0.1) is 5.56 Å². The summed E-state index contributed by atoms with van der Waals surface area (Å²) in [6, 6.07) is 1.90. The van der Waals surface area contributed by atoms with Crippen LogP contribution < -0.4 is 11.3 Å². The first-order valence-corrected chi connectivity index (χ1v) is 8.08. The largest absolute Gasteiger partial charge is 0.339 e. The van der Waals surface area contributed by atoms with Crippen molar-refractivity contribution in [1.82, 2.24) is 9.88 Å². The van der Waals surface area contributed by atoms with E-state index < -0.39 is 0 Å². The number of carbonyl (C=O) groups is 1. The summed E-state index contributed by atoms with van der Waals surface area (Å²) in [5.74, 6) is 6.72. The fraction of sp³-hybridized carbons (Fsp3) is 0.500. The first-order valence-electron chi connectivity index (χ1n) is 5.89. The van der Waals surface area contributed by atoms with Crippen molar-refractivity contribution in [2.45, 2.75) is 19.4 Å². The van der Waals surface area contributed by atoms with Crippen molar-refractivity contribution < 1.29 is 4.79 Å². The van der Waals surface area contributed by atoms with Gasteiger partial charge in [0.1, 0.15) is 0 Å². The smallest absolute Gasteiger partial charge is 0.257 e. The zero-order valence-corrected chi connectivity index (χ0v) is 13.7. The Labute approximate surface area is 126 Å². The molecule has 0 aliphatic heterocycles. The van der Waals surface area contributed by atoms with Crippen molar-refractivity contribution in [3.05, 3.63) is 22.3 Å². The van der Waals surface area contributed by atoms with Gasteiger partial charge < -0.3 is 10.3 Å². The van der Waals surface area contributed by atoms with E-state index in [0.717, 1.165) is 16.6 Å². The van der Waals surface area contributed by atoms with Gasteiger partial charge in [0, 0.05) is 23.8 Å². The molecule has 0 fully saturated rings. The number of nitrogens with one attached hydrogen (secondary N) is 1. The predicted molar refractivity (Wildman–Crippen MR) is 84.3 cm³/mol. The molecular weight excluding hydrogens is 328 g/mol. The fourth-order valence-corrected chi connectivity index (χ4v) is 2.50. The van der Waals surface area contributed by atoms with Gasteiger partial charge in [-0.1, -0.05) is 0 Å². The number of rotatable bonds is 6. The minimum absolute atomic E-state index is 0.0876. The van der Waals surface area contributed by atoms with Gasteiger partial charge in [0.15, 0.2) is 5.82 Å². The average Bonchev–Trinajstić information content (AvgIpc) is 2.42. The van der Waals surface area contributed by atoms with Crippen molar-refractivity contribution in [2.75, 3.05) is 24.5 Å². The molecule has 0 saturated carbocycles. The summed E-state index contributed by atoms with van der Waals surface area (Å²) < 4.78 is 0.750. The topological polar surface area (TPSA) is 71.2 Å². The van der Waals surface area contributed by atoms with Gasteiger partial charge in [-0.25, -0.2) is 10.8 Å². The third kappa shape index (κ3) is 4.36. The molecule has 3 N–H and O–H groups in total. The van der Waals surface area contributed by atoms with E-state index in [1.807, 2.05) is 6.92 Å². The number of thioether (sulfide) groups is 1. The number of hydrazine groups is 1. The van der Waals surface area contributed by atoms with E-state index in [0.29, 0.717) is 11.4 Å². The Morgan fingerprint density at radius 1 is 1.68 bits per heavy atom. The molecular formula is C12H19BrN4OS. The second kappa shape index (κ2) is 7.72. The molecule has 1 amide bonds. The van der Waals surface area contributed by atoms with Crippen LogP contribution in [0.1, 0.15) is 23.7 Å². The Balaban J connectivity index is 2.89. The Morgan fingerprint density at radius 3 is 2.95 bits per heavy atom. The average molecular weight is 347 g/mol. The lowest BCUT2D eigenvalue weighted by Gasteiger charge is -2.25. The van der Waals surface area contributed by atoms with E-state index in [1.165, 1.54) is 0 Å². The summed E-state index contributed by atoms with van der Waals surface area (Å²) in [7, 11) is 1.80. The molecule has 106 valence electrons. The van der Waals surface area contributed by atoms with Crippen LogP contribution in [0.25, 0.3) is 0 Å². The standard InChI is InChI=1S/C12H19BrN4OS/c1-8(4-5-19-3)17(2)12(18)10-6-9(13)7-15-11(10)16-14/h6-8H,4-5,14H2,1-3H3,(H,15,16). The summed E-state index contributed by atoms with van der Waals surface area (Å²) in [5, 5.41) is 0.